The van der Waals surface area contributed by atoms with Gasteiger partial charge in [-0.1, -0.05) is 48.0 Å². The van der Waals surface area contributed by atoms with Gasteiger partial charge >= 0.3 is 5.97 Å². The zero-order valence-electron chi connectivity index (χ0n) is 20.8. The number of allylic oxidation sites excluding steroid dienone is 1. The SMILES string of the molecule is C=CCn1c(SCC(=O)Nc2sc3c(c2C(=O)OC)CCCCC3)nnc1C(C)Oc1ccccc1Cl. The molecule has 2 aromatic heterocycles. The van der Waals surface area contributed by atoms with Crippen molar-refractivity contribution < 1.29 is 19.1 Å². The van der Waals surface area contributed by atoms with Crippen LogP contribution in [0, 0.1) is 0 Å². The number of thiophene rings is 1. The molecule has 1 amide bonds. The molecule has 1 aliphatic rings. The Balaban J connectivity index is 1.47. The highest BCUT2D eigenvalue weighted by Crippen LogP contribution is 2.38. The summed E-state index contributed by atoms with van der Waals surface area (Å²) in [6.45, 7) is 6.15. The third kappa shape index (κ3) is 6.37. The lowest BCUT2D eigenvalue weighted by Crippen LogP contribution is -2.17. The average Bonchev–Trinajstić information content (AvgIpc) is 3.36. The van der Waals surface area contributed by atoms with Crippen molar-refractivity contribution in [2.75, 3.05) is 18.2 Å². The predicted molar refractivity (Wildman–Crippen MR) is 147 cm³/mol. The number of ether oxygens (including phenoxy) is 2. The van der Waals surface area contributed by atoms with Gasteiger partial charge in [0.15, 0.2) is 17.1 Å². The van der Waals surface area contributed by atoms with Crippen molar-refractivity contribution in [3.8, 4) is 5.75 Å². The molecular formula is C26H29ClN4O4S2. The Morgan fingerprint density at radius 2 is 2.05 bits per heavy atom. The molecule has 11 heteroatoms. The quantitative estimate of drug-likeness (QED) is 0.138. The van der Waals surface area contributed by atoms with Crippen LogP contribution in [0.3, 0.4) is 0 Å². The maximum Gasteiger partial charge on any atom is 0.341 e. The van der Waals surface area contributed by atoms with E-state index in [9.17, 15) is 9.59 Å². The summed E-state index contributed by atoms with van der Waals surface area (Å²) in [5, 5.41) is 13.2. The van der Waals surface area contributed by atoms with Crippen LogP contribution < -0.4 is 10.1 Å². The van der Waals surface area contributed by atoms with Crippen molar-refractivity contribution >= 4 is 51.6 Å². The highest BCUT2D eigenvalue weighted by molar-refractivity contribution is 7.99. The van der Waals surface area contributed by atoms with Crippen molar-refractivity contribution in [2.45, 2.75) is 56.8 Å². The molecule has 0 aliphatic heterocycles. The van der Waals surface area contributed by atoms with Gasteiger partial charge in [-0.15, -0.1) is 28.1 Å². The van der Waals surface area contributed by atoms with Gasteiger partial charge in [0.25, 0.3) is 0 Å². The molecule has 1 aliphatic carbocycles. The Kier molecular flexibility index (Phi) is 9.28. The summed E-state index contributed by atoms with van der Waals surface area (Å²) in [6.07, 6.45) is 6.28. The van der Waals surface area contributed by atoms with Crippen molar-refractivity contribution in [1.29, 1.82) is 0 Å². The van der Waals surface area contributed by atoms with Crippen LogP contribution in [0.25, 0.3) is 0 Å². The van der Waals surface area contributed by atoms with Crippen LogP contribution >= 0.6 is 34.7 Å². The third-order valence-corrected chi connectivity index (χ3v) is 8.44. The van der Waals surface area contributed by atoms with Crippen LogP contribution in [-0.2, 0) is 28.9 Å². The zero-order chi connectivity index (χ0) is 26.4. The number of fused-ring (bicyclic) bond motifs is 1. The highest BCUT2D eigenvalue weighted by Gasteiger charge is 2.27. The molecule has 0 radical (unpaired) electrons. The zero-order valence-corrected chi connectivity index (χ0v) is 23.2. The third-order valence-electron chi connectivity index (χ3n) is 5.96. The smallest absolute Gasteiger partial charge is 0.341 e. The highest BCUT2D eigenvalue weighted by atomic mass is 35.5. The first-order valence-electron chi connectivity index (χ1n) is 12.0. The van der Waals surface area contributed by atoms with Gasteiger partial charge < -0.3 is 14.8 Å². The molecule has 2 heterocycles. The fraction of sp³-hybridized carbons (Fsp3) is 0.385. The van der Waals surface area contributed by atoms with Crippen LogP contribution in [0.15, 0.2) is 42.1 Å². The molecule has 37 heavy (non-hydrogen) atoms. The summed E-state index contributed by atoms with van der Waals surface area (Å²) in [5.74, 6) is 0.594. The van der Waals surface area contributed by atoms with Crippen LogP contribution in [-0.4, -0.2) is 39.5 Å². The molecule has 1 atom stereocenters. The largest absolute Gasteiger partial charge is 0.481 e. The number of benzene rings is 1. The number of para-hydroxylation sites is 1. The number of carbonyl (C=O) groups is 2. The first kappa shape index (κ1) is 27.2. The lowest BCUT2D eigenvalue weighted by Gasteiger charge is -2.16. The summed E-state index contributed by atoms with van der Waals surface area (Å²) >= 11 is 8.96. The number of halogens is 1. The second kappa shape index (κ2) is 12.6. The number of carbonyl (C=O) groups excluding carboxylic acids is 2. The number of nitrogens with one attached hydrogen (secondary N) is 1. The van der Waals surface area contributed by atoms with E-state index in [4.69, 9.17) is 21.1 Å². The molecule has 1 aromatic carbocycles. The normalized spacial score (nSPS) is 13.8. The molecule has 3 aromatic rings. The van der Waals surface area contributed by atoms with Gasteiger partial charge in [-0.2, -0.15) is 0 Å². The van der Waals surface area contributed by atoms with Crippen molar-refractivity contribution in [3.05, 3.63) is 63.8 Å². The van der Waals surface area contributed by atoms with E-state index < -0.39 is 12.1 Å². The number of anilines is 1. The summed E-state index contributed by atoms with van der Waals surface area (Å²) < 4.78 is 12.9. The number of esters is 1. The average molecular weight is 561 g/mol. The monoisotopic (exact) mass is 560 g/mol. The maximum absolute atomic E-state index is 12.9. The lowest BCUT2D eigenvalue weighted by atomic mass is 10.1. The van der Waals surface area contributed by atoms with Crippen LogP contribution in [0.2, 0.25) is 5.02 Å². The van der Waals surface area contributed by atoms with E-state index in [1.807, 2.05) is 23.6 Å². The molecule has 0 saturated carbocycles. The van der Waals surface area contributed by atoms with Gasteiger partial charge in [-0.05, 0) is 50.3 Å². The van der Waals surface area contributed by atoms with E-state index in [0.717, 1.165) is 42.5 Å². The Hall–Kier alpha value is -2.82. The molecular weight excluding hydrogens is 532 g/mol. The van der Waals surface area contributed by atoms with Gasteiger partial charge in [0.05, 0.1) is 23.4 Å². The summed E-state index contributed by atoms with van der Waals surface area (Å²) in [4.78, 5) is 26.6. The number of aromatic nitrogens is 3. The van der Waals surface area contributed by atoms with Crippen LogP contribution in [0.5, 0.6) is 5.75 Å². The van der Waals surface area contributed by atoms with Gasteiger partial charge in [0, 0.05) is 11.4 Å². The first-order valence-corrected chi connectivity index (χ1v) is 14.2. The number of methoxy groups -OCH3 is 1. The van der Waals surface area contributed by atoms with E-state index in [0.29, 0.717) is 38.9 Å². The standard InChI is InChI=1S/C26H29ClN4O4S2/c1-4-14-31-23(16(2)35-19-12-9-8-11-18(19)27)29-30-26(31)36-15-21(32)28-24-22(25(33)34-3)17-10-6-5-7-13-20(17)37-24/h4,8-9,11-12,16H,1,5-7,10,13-15H2,2-3H3,(H,28,32). The minimum Gasteiger partial charge on any atom is -0.481 e. The minimum atomic E-state index is -0.431. The van der Waals surface area contributed by atoms with E-state index >= 15 is 0 Å². The van der Waals surface area contributed by atoms with E-state index in [2.05, 4.69) is 22.1 Å². The van der Waals surface area contributed by atoms with Gasteiger partial charge in [-0.3, -0.25) is 9.36 Å². The molecule has 1 unspecified atom stereocenters. The molecule has 4 rings (SSSR count). The fourth-order valence-electron chi connectivity index (χ4n) is 4.23. The Morgan fingerprint density at radius 3 is 2.81 bits per heavy atom. The molecule has 0 saturated heterocycles. The number of rotatable bonds is 10. The lowest BCUT2D eigenvalue weighted by molar-refractivity contribution is -0.113. The number of nitrogens with zero attached hydrogens (tertiary/aromatic N) is 3. The van der Waals surface area contributed by atoms with Crippen LogP contribution in [0.1, 0.15) is 58.9 Å². The number of thioether (sulfide) groups is 1. The Morgan fingerprint density at radius 1 is 1.27 bits per heavy atom. The van der Waals surface area contributed by atoms with Gasteiger partial charge in [0.2, 0.25) is 5.91 Å². The predicted octanol–water partition coefficient (Wildman–Crippen LogP) is 6.11. The van der Waals surface area contributed by atoms with Gasteiger partial charge in [-0.25, -0.2) is 4.79 Å². The van der Waals surface area contributed by atoms with E-state index in [-0.39, 0.29) is 11.7 Å². The maximum atomic E-state index is 12.9. The number of amides is 1. The fourth-order valence-corrected chi connectivity index (χ4v) is 6.46. The van der Waals surface area contributed by atoms with Crippen molar-refractivity contribution in [2.24, 2.45) is 0 Å². The number of aryl methyl sites for hydroxylation is 1. The first-order chi connectivity index (χ1) is 17.9. The number of hydrogen-bond acceptors (Lipinski definition) is 8. The molecule has 8 nitrogen and oxygen atoms in total. The minimum absolute atomic E-state index is 0.0954. The van der Waals surface area contributed by atoms with E-state index in [1.165, 1.54) is 30.2 Å². The summed E-state index contributed by atoms with van der Waals surface area (Å²) in [5.41, 5.74) is 1.51. The second-order valence-corrected chi connectivity index (χ2v) is 11.0. The second-order valence-electron chi connectivity index (χ2n) is 8.53. The summed E-state index contributed by atoms with van der Waals surface area (Å²) in [7, 11) is 1.37. The summed E-state index contributed by atoms with van der Waals surface area (Å²) in [6, 6.07) is 7.23. The molecule has 1 N–H and O–H groups in total. The van der Waals surface area contributed by atoms with Crippen LogP contribution in [0.4, 0.5) is 5.00 Å². The molecule has 0 bridgehead atoms. The van der Waals surface area contributed by atoms with Gasteiger partial charge in [0.1, 0.15) is 10.8 Å². The Labute approximate surface area is 229 Å². The van der Waals surface area contributed by atoms with E-state index in [1.54, 1.807) is 18.2 Å². The molecule has 0 spiro atoms. The van der Waals surface area contributed by atoms with Crippen molar-refractivity contribution in [3.63, 3.8) is 0 Å². The van der Waals surface area contributed by atoms with Crippen molar-refractivity contribution in [1.82, 2.24) is 14.8 Å². The number of hydrogen-bond donors (Lipinski definition) is 1. The molecule has 0 fully saturated rings. The molecule has 196 valence electrons. The topological polar surface area (TPSA) is 95.3 Å². The Bertz CT molecular complexity index is 1290.